The second kappa shape index (κ2) is 9.92. The lowest BCUT2D eigenvalue weighted by Crippen LogP contribution is -2.46. The predicted molar refractivity (Wildman–Crippen MR) is 100 cm³/mol. The number of hydrogen-bond acceptors (Lipinski definition) is 5. The first-order valence-electron chi connectivity index (χ1n) is 8.59. The van der Waals surface area contributed by atoms with Crippen molar-refractivity contribution < 1.29 is 21.2 Å². The van der Waals surface area contributed by atoms with Crippen molar-refractivity contribution in [2.45, 2.75) is 51.7 Å². The highest BCUT2D eigenvalue weighted by molar-refractivity contribution is 5.97. The molecular weight excluding hydrogens is 356 g/mol. The Morgan fingerprint density at radius 2 is 2.07 bits per heavy atom. The van der Waals surface area contributed by atoms with Crippen LogP contribution in [0.3, 0.4) is 0 Å². The fourth-order valence-corrected chi connectivity index (χ4v) is 2.56. The molecule has 9 heteroatoms. The van der Waals surface area contributed by atoms with E-state index in [2.05, 4.69) is 22.2 Å². The molecular formula is C18H29F2N5O2. The van der Waals surface area contributed by atoms with Crippen molar-refractivity contribution in [2.75, 3.05) is 13.1 Å². The number of nitrogens with zero attached hydrogens (tertiary/aromatic N) is 3. The molecule has 1 fully saturated rings. The van der Waals surface area contributed by atoms with E-state index in [1.807, 2.05) is 13.8 Å². The van der Waals surface area contributed by atoms with Crippen molar-refractivity contribution in [3.63, 3.8) is 0 Å². The van der Waals surface area contributed by atoms with Crippen LogP contribution in [0.2, 0.25) is 0 Å². The number of hydrogen-bond donors (Lipinski definition) is 2. The molecule has 27 heavy (non-hydrogen) atoms. The summed E-state index contributed by atoms with van der Waals surface area (Å²) in [5.74, 6) is -3.77. The molecule has 152 valence electrons. The van der Waals surface area contributed by atoms with E-state index in [9.17, 15) is 18.4 Å². The normalized spacial score (nSPS) is 16.4. The van der Waals surface area contributed by atoms with E-state index >= 15 is 0 Å². The fourth-order valence-electron chi connectivity index (χ4n) is 2.56. The van der Waals surface area contributed by atoms with Crippen LogP contribution in [0.4, 0.5) is 8.78 Å². The predicted octanol–water partition coefficient (Wildman–Crippen LogP) is 2.20. The van der Waals surface area contributed by atoms with Crippen LogP contribution in [0.1, 0.15) is 46.1 Å². The first-order valence-corrected chi connectivity index (χ1v) is 8.59. The Hall–Kier alpha value is -2.60. The van der Waals surface area contributed by atoms with Gasteiger partial charge in [0.2, 0.25) is 5.91 Å². The Bertz CT molecular complexity index is 689. The molecule has 2 amide bonds. The van der Waals surface area contributed by atoms with E-state index in [0.717, 1.165) is 4.90 Å². The second-order valence-electron chi connectivity index (χ2n) is 6.63. The third-order valence-electron chi connectivity index (χ3n) is 3.97. The molecule has 1 aromatic rings. The monoisotopic (exact) mass is 385 g/mol. The lowest BCUT2D eigenvalue weighted by atomic mass is 10.2. The number of carbonyl (C=O) groups is 2. The van der Waals surface area contributed by atoms with Gasteiger partial charge in [0, 0.05) is 46.7 Å². The highest BCUT2D eigenvalue weighted by Gasteiger charge is 2.41. The van der Waals surface area contributed by atoms with Crippen LogP contribution in [-0.4, -0.2) is 52.8 Å². The van der Waals surface area contributed by atoms with E-state index in [0.29, 0.717) is 17.8 Å². The van der Waals surface area contributed by atoms with Crippen molar-refractivity contribution in [3.05, 3.63) is 29.6 Å². The summed E-state index contributed by atoms with van der Waals surface area (Å²) >= 11 is 0. The molecule has 1 saturated heterocycles. The summed E-state index contributed by atoms with van der Waals surface area (Å²) in [4.78, 5) is 29.8. The number of rotatable bonds is 6. The molecule has 0 radical (unpaired) electrons. The van der Waals surface area contributed by atoms with Gasteiger partial charge in [0.15, 0.2) is 0 Å². The zero-order chi connectivity index (χ0) is 20.6. The Kier molecular flexibility index (Phi) is 8.25. The number of carbonyl (C=O) groups excluding carboxylic acids is 2. The first-order chi connectivity index (χ1) is 12.7. The molecule has 1 aliphatic heterocycles. The molecule has 7 nitrogen and oxygen atoms in total. The molecule has 1 atom stereocenters. The molecule has 1 aliphatic rings. The van der Waals surface area contributed by atoms with Gasteiger partial charge in [0.25, 0.3) is 11.8 Å². The standard InChI is InChI=1S/C17H24F2N4O2.CHN.2H2/c1-11(2)21-9-14-8-13(4-6-20-14)15(24)22-12(3)16(25)23-7-5-17(18,19)10-23;1-2;;/h4,6,8,11-12,21H,5,7,9-10H2,1-3H3,(H,22,24);1H;2*1H/t12-;;;/m0.../s1. The summed E-state index contributed by atoms with van der Waals surface area (Å²) in [5.41, 5.74) is 1.08. The van der Waals surface area contributed by atoms with Gasteiger partial charge in [0.05, 0.1) is 12.2 Å². The lowest BCUT2D eigenvalue weighted by Gasteiger charge is -2.21. The molecule has 0 aromatic carbocycles. The molecule has 2 heterocycles. The van der Waals surface area contributed by atoms with Gasteiger partial charge in [-0.3, -0.25) is 14.6 Å². The number of halogens is 2. The number of amides is 2. The quantitative estimate of drug-likeness (QED) is 0.782. The zero-order valence-corrected chi connectivity index (χ0v) is 15.7. The molecule has 1 aromatic heterocycles. The van der Waals surface area contributed by atoms with Crippen LogP contribution < -0.4 is 10.6 Å². The number of aromatic nitrogens is 1. The largest absolute Gasteiger partial charge is 0.341 e. The molecule has 0 saturated carbocycles. The lowest BCUT2D eigenvalue weighted by molar-refractivity contribution is -0.133. The van der Waals surface area contributed by atoms with Crippen LogP contribution in [0.25, 0.3) is 0 Å². The van der Waals surface area contributed by atoms with Crippen molar-refractivity contribution in [2.24, 2.45) is 0 Å². The maximum Gasteiger partial charge on any atom is 0.267 e. The average molecular weight is 385 g/mol. The maximum absolute atomic E-state index is 13.2. The van der Waals surface area contributed by atoms with Gasteiger partial charge in [-0.15, -0.1) is 0 Å². The van der Waals surface area contributed by atoms with Crippen LogP contribution in [0.15, 0.2) is 18.3 Å². The van der Waals surface area contributed by atoms with Gasteiger partial charge in [0.1, 0.15) is 6.04 Å². The topological polar surface area (TPSA) is 98.1 Å². The molecule has 0 bridgehead atoms. The second-order valence-corrected chi connectivity index (χ2v) is 6.63. The minimum absolute atomic E-state index is 0. The Morgan fingerprint density at radius 1 is 1.41 bits per heavy atom. The van der Waals surface area contributed by atoms with Crippen LogP contribution >= 0.6 is 0 Å². The summed E-state index contributed by atoms with van der Waals surface area (Å²) in [6.07, 6.45) is 1.19. The van der Waals surface area contributed by atoms with E-state index < -0.39 is 30.3 Å². The SMILES string of the molecule is C#N.CC(C)NCc1cc(C(=O)N[C@@H](C)C(=O)N2CCC(F)(F)C2)ccn1.[HH].[HH]. The van der Waals surface area contributed by atoms with Crippen LogP contribution in [-0.2, 0) is 11.3 Å². The number of nitriles is 1. The molecule has 0 spiro atoms. The van der Waals surface area contributed by atoms with Crippen molar-refractivity contribution in [3.8, 4) is 6.57 Å². The minimum atomic E-state index is -2.84. The molecule has 2 N–H and O–H groups in total. The fraction of sp³-hybridized carbons (Fsp3) is 0.556. The van der Waals surface area contributed by atoms with Crippen molar-refractivity contribution in [1.29, 1.82) is 5.26 Å². The van der Waals surface area contributed by atoms with Gasteiger partial charge >= 0.3 is 0 Å². The number of alkyl halides is 2. The van der Waals surface area contributed by atoms with Crippen molar-refractivity contribution >= 4 is 11.8 Å². The molecule has 2 rings (SSSR count). The summed E-state index contributed by atoms with van der Waals surface area (Å²) in [7, 11) is 0. The van der Waals surface area contributed by atoms with E-state index in [4.69, 9.17) is 5.26 Å². The zero-order valence-electron chi connectivity index (χ0n) is 15.7. The summed E-state index contributed by atoms with van der Waals surface area (Å²) in [5, 5.41) is 12.3. The van der Waals surface area contributed by atoms with E-state index in [1.165, 1.54) is 13.1 Å². The van der Waals surface area contributed by atoms with Crippen LogP contribution in [0, 0.1) is 11.8 Å². The van der Waals surface area contributed by atoms with E-state index in [1.54, 1.807) is 12.1 Å². The first kappa shape index (κ1) is 22.4. The van der Waals surface area contributed by atoms with Gasteiger partial charge in [-0.1, -0.05) is 13.8 Å². The Balaban J connectivity index is 0. The highest BCUT2D eigenvalue weighted by atomic mass is 19.3. The third-order valence-corrected chi connectivity index (χ3v) is 3.97. The number of likely N-dealkylation sites (tertiary alicyclic amines) is 1. The Morgan fingerprint density at radius 3 is 2.63 bits per heavy atom. The summed E-state index contributed by atoms with van der Waals surface area (Å²) < 4.78 is 26.5. The van der Waals surface area contributed by atoms with Gasteiger partial charge in [-0.25, -0.2) is 14.0 Å². The van der Waals surface area contributed by atoms with Gasteiger partial charge in [-0.05, 0) is 19.1 Å². The summed E-state index contributed by atoms with van der Waals surface area (Å²) in [6.45, 7) is 8.95. The third kappa shape index (κ3) is 6.90. The molecule has 0 unspecified atom stereocenters. The highest BCUT2D eigenvalue weighted by Crippen LogP contribution is 2.27. The Labute approximate surface area is 160 Å². The minimum Gasteiger partial charge on any atom is -0.341 e. The van der Waals surface area contributed by atoms with Crippen LogP contribution in [0.5, 0.6) is 0 Å². The van der Waals surface area contributed by atoms with Gasteiger partial charge in [-0.2, -0.15) is 0 Å². The smallest absolute Gasteiger partial charge is 0.267 e. The average Bonchev–Trinajstić information content (AvgIpc) is 3.01. The summed E-state index contributed by atoms with van der Waals surface area (Å²) in [6, 6.07) is 2.61. The molecule has 0 aliphatic carbocycles. The van der Waals surface area contributed by atoms with Crippen molar-refractivity contribution in [1.82, 2.24) is 20.5 Å². The van der Waals surface area contributed by atoms with E-state index in [-0.39, 0.29) is 21.9 Å². The van der Waals surface area contributed by atoms with Gasteiger partial charge < -0.3 is 15.5 Å². The number of pyridine rings is 1. The number of nitrogens with one attached hydrogen (secondary N) is 2. The maximum atomic E-state index is 13.2.